The summed E-state index contributed by atoms with van der Waals surface area (Å²) in [4.78, 5) is 0. The molecule has 0 aromatic heterocycles. The Balaban J connectivity index is 1.67. The average molecular weight is 331 g/mol. The molecule has 0 amide bonds. The summed E-state index contributed by atoms with van der Waals surface area (Å²) in [6.45, 7) is 1.97. The molecule has 0 spiro atoms. The minimum atomic E-state index is 0.582. The number of nitrogens with one attached hydrogen (secondary N) is 1. The second kappa shape index (κ2) is 8.02. The second-order valence-electron chi connectivity index (χ2n) is 5.59. The van der Waals surface area contributed by atoms with E-state index < -0.39 is 0 Å². The maximum absolute atomic E-state index is 5.82. The first kappa shape index (κ1) is 16.6. The van der Waals surface area contributed by atoms with Crippen molar-refractivity contribution in [1.82, 2.24) is 0 Å². The molecular weight excluding hydrogens is 310 g/mol. The Morgan fingerprint density at radius 2 is 1.40 bits per heavy atom. The number of amidine groups is 1. The Kier molecular flexibility index (Phi) is 5.32. The number of hydrogen-bond donors (Lipinski definition) is 2. The monoisotopic (exact) mass is 331 g/mol. The summed E-state index contributed by atoms with van der Waals surface area (Å²) in [7, 11) is 0. The molecule has 3 aromatic rings. The van der Waals surface area contributed by atoms with E-state index in [1.807, 2.05) is 85.8 Å². The number of para-hydroxylation sites is 1. The number of ether oxygens (including phenoxy) is 1. The minimum Gasteiger partial charge on any atom is -0.457 e. The molecule has 4 heteroatoms. The fraction of sp³-hybridized carbons (Fsp3) is 0.0952. The molecule has 3 N–H and O–H groups in total. The first-order valence-corrected chi connectivity index (χ1v) is 8.26. The van der Waals surface area contributed by atoms with Crippen molar-refractivity contribution in [2.24, 2.45) is 10.8 Å². The molecule has 0 aliphatic rings. The number of nitrogens with zero attached hydrogens (tertiary/aromatic N) is 1. The third-order valence-corrected chi connectivity index (χ3v) is 3.74. The number of rotatable bonds is 6. The molecule has 0 fully saturated rings. The van der Waals surface area contributed by atoms with Crippen LogP contribution in [0.25, 0.3) is 11.1 Å². The lowest BCUT2D eigenvalue weighted by Gasteiger charge is -2.08. The lowest BCUT2D eigenvalue weighted by atomic mass is 10.1. The normalized spacial score (nSPS) is 11.2. The Hall–Kier alpha value is -3.27. The van der Waals surface area contributed by atoms with Gasteiger partial charge in [0.25, 0.3) is 0 Å². The molecule has 126 valence electrons. The summed E-state index contributed by atoms with van der Waals surface area (Å²) in [5.74, 6) is 2.23. The fourth-order valence-corrected chi connectivity index (χ4v) is 2.29. The predicted octanol–water partition coefficient (Wildman–Crippen LogP) is 5.24. The molecule has 0 heterocycles. The van der Waals surface area contributed by atoms with E-state index in [1.165, 1.54) is 0 Å². The van der Waals surface area contributed by atoms with E-state index in [1.54, 1.807) is 0 Å². The lowest BCUT2D eigenvalue weighted by Crippen LogP contribution is -2.11. The lowest BCUT2D eigenvalue weighted by molar-refractivity contribution is 0.483. The molecule has 3 rings (SSSR count). The molecule has 0 atom stereocenters. The topological polar surface area (TPSA) is 59.6 Å². The molecule has 0 aliphatic carbocycles. The van der Waals surface area contributed by atoms with Crippen molar-refractivity contribution in [2.45, 2.75) is 13.3 Å². The molecule has 25 heavy (non-hydrogen) atoms. The van der Waals surface area contributed by atoms with E-state index >= 15 is 0 Å². The van der Waals surface area contributed by atoms with Crippen molar-refractivity contribution in [2.75, 3.05) is 5.43 Å². The molecule has 0 bridgehead atoms. The van der Waals surface area contributed by atoms with Gasteiger partial charge in [-0.25, -0.2) is 0 Å². The van der Waals surface area contributed by atoms with E-state index in [0.717, 1.165) is 34.7 Å². The maximum atomic E-state index is 5.82. The number of nitrogens with two attached hydrogens (primary N) is 1. The van der Waals surface area contributed by atoms with Gasteiger partial charge in [-0.3, -0.25) is 5.43 Å². The summed E-state index contributed by atoms with van der Waals surface area (Å²) < 4.78 is 5.82. The first-order chi connectivity index (χ1) is 12.2. The van der Waals surface area contributed by atoms with Crippen LogP contribution in [0.15, 0.2) is 84.0 Å². The summed E-state index contributed by atoms with van der Waals surface area (Å²) in [6.07, 6.45) is 0.725. The zero-order valence-electron chi connectivity index (χ0n) is 14.1. The smallest absolute Gasteiger partial charge is 0.127 e. The summed E-state index contributed by atoms with van der Waals surface area (Å²) in [5, 5.41) is 4.09. The van der Waals surface area contributed by atoms with Crippen molar-refractivity contribution < 1.29 is 4.74 Å². The highest BCUT2D eigenvalue weighted by Crippen LogP contribution is 2.26. The summed E-state index contributed by atoms with van der Waals surface area (Å²) >= 11 is 0. The Bertz CT molecular complexity index is 825. The van der Waals surface area contributed by atoms with Crippen LogP contribution in [0.3, 0.4) is 0 Å². The van der Waals surface area contributed by atoms with Crippen LogP contribution >= 0.6 is 0 Å². The Labute approximate surface area is 148 Å². The van der Waals surface area contributed by atoms with Gasteiger partial charge in [-0.05, 0) is 47.5 Å². The number of hydrazone groups is 1. The Morgan fingerprint density at radius 1 is 0.840 bits per heavy atom. The van der Waals surface area contributed by atoms with Crippen LogP contribution in [0, 0.1) is 0 Å². The van der Waals surface area contributed by atoms with Gasteiger partial charge in [0, 0.05) is 6.42 Å². The van der Waals surface area contributed by atoms with Gasteiger partial charge in [-0.1, -0.05) is 49.4 Å². The van der Waals surface area contributed by atoms with Crippen LogP contribution in [0.2, 0.25) is 0 Å². The van der Waals surface area contributed by atoms with Gasteiger partial charge in [0.2, 0.25) is 0 Å². The quantitative estimate of drug-likeness (QED) is 0.369. The zero-order valence-corrected chi connectivity index (χ0v) is 14.1. The number of benzene rings is 3. The van der Waals surface area contributed by atoms with Crippen LogP contribution in [-0.4, -0.2) is 5.84 Å². The zero-order chi connectivity index (χ0) is 17.5. The molecule has 0 radical (unpaired) electrons. The molecule has 0 aliphatic heterocycles. The van der Waals surface area contributed by atoms with E-state index in [2.05, 4.69) is 10.5 Å². The van der Waals surface area contributed by atoms with Gasteiger partial charge >= 0.3 is 0 Å². The van der Waals surface area contributed by atoms with Crippen LogP contribution in [0.1, 0.15) is 13.3 Å². The molecule has 0 saturated heterocycles. The van der Waals surface area contributed by atoms with Crippen LogP contribution in [-0.2, 0) is 0 Å². The molecular formula is C21H21N3O. The number of anilines is 1. The van der Waals surface area contributed by atoms with Crippen LogP contribution in [0.4, 0.5) is 5.69 Å². The second-order valence-corrected chi connectivity index (χ2v) is 5.59. The highest BCUT2D eigenvalue weighted by molar-refractivity contribution is 5.80. The SMILES string of the molecule is CC/C(N)=N\Nc1ccc(-c2ccc(Oc3ccccc3)cc2)cc1. The van der Waals surface area contributed by atoms with Crippen molar-refractivity contribution in [3.63, 3.8) is 0 Å². The summed E-state index contributed by atoms with van der Waals surface area (Å²) in [6, 6.07) is 25.9. The maximum Gasteiger partial charge on any atom is 0.127 e. The van der Waals surface area contributed by atoms with Gasteiger partial charge in [-0.15, -0.1) is 0 Å². The van der Waals surface area contributed by atoms with Gasteiger partial charge in [-0.2, -0.15) is 5.10 Å². The third kappa shape index (κ3) is 4.61. The van der Waals surface area contributed by atoms with Gasteiger partial charge in [0.05, 0.1) is 5.69 Å². The van der Waals surface area contributed by atoms with Crippen LogP contribution in [0.5, 0.6) is 11.5 Å². The summed E-state index contributed by atoms with van der Waals surface area (Å²) in [5.41, 5.74) is 11.8. The molecule has 0 saturated carbocycles. The van der Waals surface area contributed by atoms with Gasteiger partial charge in [0.1, 0.15) is 17.3 Å². The fourth-order valence-electron chi connectivity index (χ4n) is 2.29. The average Bonchev–Trinajstić information content (AvgIpc) is 2.68. The van der Waals surface area contributed by atoms with Gasteiger partial charge < -0.3 is 10.5 Å². The molecule has 4 nitrogen and oxygen atoms in total. The van der Waals surface area contributed by atoms with Crippen LogP contribution < -0.4 is 15.9 Å². The van der Waals surface area contributed by atoms with Gasteiger partial charge in [0.15, 0.2) is 0 Å². The van der Waals surface area contributed by atoms with Crippen molar-refractivity contribution >= 4 is 11.5 Å². The van der Waals surface area contributed by atoms with Crippen molar-refractivity contribution in [3.05, 3.63) is 78.9 Å². The molecule has 3 aromatic carbocycles. The van der Waals surface area contributed by atoms with Crippen molar-refractivity contribution in [1.29, 1.82) is 0 Å². The van der Waals surface area contributed by atoms with E-state index in [0.29, 0.717) is 5.84 Å². The minimum absolute atomic E-state index is 0.582. The first-order valence-electron chi connectivity index (χ1n) is 8.26. The number of hydrogen-bond acceptors (Lipinski definition) is 3. The van der Waals surface area contributed by atoms with E-state index in [4.69, 9.17) is 10.5 Å². The molecule has 0 unspecified atom stereocenters. The predicted molar refractivity (Wildman–Crippen MR) is 104 cm³/mol. The largest absolute Gasteiger partial charge is 0.457 e. The van der Waals surface area contributed by atoms with E-state index in [-0.39, 0.29) is 0 Å². The van der Waals surface area contributed by atoms with Crippen molar-refractivity contribution in [3.8, 4) is 22.6 Å². The standard InChI is InChI=1S/C21H21N3O/c1-2-21(22)24-23-18-12-8-16(9-13-18)17-10-14-20(15-11-17)25-19-6-4-3-5-7-19/h3-15,23H,2H2,1H3,(H2,22,24). The Morgan fingerprint density at radius 3 is 2.00 bits per heavy atom. The van der Waals surface area contributed by atoms with E-state index in [9.17, 15) is 0 Å². The highest BCUT2D eigenvalue weighted by Gasteiger charge is 2.01. The highest BCUT2D eigenvalue weighted by atomic mass is 16.5. The third-order valence-electron chi connectivity index (χ3n) is 3.74.